The fourth-order valence-corrected chi connectivity index (χ4v) is 6.91. The SMILES string of the molecule is C[Si](C)(C)CCOCn1c(O[C@@H]2CO[C@H]3[C@@H]2OC[C@H]3O)nc2nc(-c3ccc(-c4ccc(-n5cc(CC(=O)O)cn5)cn4)cc3)c(Cl)cc21. The molecule has 13 nitrogen and oxygen atoms in total. The highest BCUT2D eigenvalue weighted by atomic mass is 35.5. The first-order valence-corrected chi connectivity index (χ1v) is 20.2. The number of halogens is 1. The number of carbonyl (C=O) groups is 1. The fourth-order valence-electron chi connectivity index (χ4n) is 5.89. The van der Waals surface area contributed by atoms with Gasteiger partial charge in [-0.2, -0.15) is 10.1 Å². The van der Waals surface area contributed by atoms with Crippen molar-refractivity contribution in [1.82, 2.24) is 29.3 Å². The molecule has 1 aromatic carbocycles. The van der Waals surface area contributed by atoms with Crippen LogP contribution in [0.25, 0.3) is 39.4 Å². The van der Waals surface area contributed by atoms with E-state index in [9.17, 15) is 9.90 Å². The lowest BCUT2D eigenvalue weighted by Crippen LogP contribution is -2.35. The van der Waals surface area contributed by atoms with Crippen LogP contribution >= 0.6 is 11.6 Å². The maximum Gasteiger partial charge on any atom is 0.307 e. The van der Waals surface area contributed by atoms with Crippen LogP contribution in [-0.2, 0) is 32.2 Å². The standard InChI is InChI=1S/C34H37ClN6O7Si/c1-49(2,3)11-10-45-19-40-26-13-24(35)30(38-33(26)39-34(40)48-28-18-47-31-27(42)17-46-32(28)31)22-6-4-21(5-7-22)25-9-8-23(15-36-25)41-16-20(14-37-41)12-29(43)44/h4-9,13-16,27-28,31-32,42H,10-12,17-19H2,1-3H3,(H,43,44)/t27-,28-,31-,32-/m1/s1. The van der Waals surface area contributed by atoms with Crippen molar-refractivity contribution in [1.29, 1.82) is 0 Å². The van der Waals surface area contributed by atoms with E-state index in [0.717, 1.165) is 28.6 Å². The summed E-state index contributed by atoms with van der Waals surface area (Å²) in [6.07, 6.45) is 2.86. The predicted octanol–water partition coefficient (Wildman–Crippen LogP) is 4.84. The van der Waals surface area contributed by atoms with E-state index in [1.54, 1.807) is 17.1 Å². The Balaban J connectivity index is 1.12. The first-order valence-electron chi connectivity index (χ1n) is 16.1. The zero-order valence-corrected chi connectivity index (χ0v) is 29.1. The Hall–Kier alpha value is -4.18. The first-order chi connectivity index (χ1) is 23.5. The molecule has 4 atom stereocenters. The van der Waals surface area contributed by atoms with Gasteiger partial charge >= 0.3 is 12.0 Å². The zero-order valence-electron chi connectivity index (χ0n) is 27.3. The molecule has 7 rings (SSSR count). The Morgan fingerprint density at radius 3 is 2.55 bits per heavy atom. The van der Waals surface area contributed by atoms with Crippen molar-refractivity contribution in [2.75, 3.05) is 19.8 Å². The van der Waals surface area contributed by atoms with Crippen LogP contribution < -0.4 is 4.74 Å². The number of aliphatic carboxylic acids is 1. The van der Waals surface area contributed by atoms with E-state index in [0.29, 0.717) is 40.1 Å². The van der Waals surface area contributed by atoms with Crippen molar-refractivity contribution < 1.29 is 34.0 Å². The molecule has 4 aromatic heterocycles. The molecule has 2 saturated heterocycles. The van der Waals surface area contributed by atoms with Gasteiger partial charge in [0.2, 0.25) is 0 Å². The summed E-state index contributed by atoms with van der Waals surface area (Å²) in [4.78, 5) is 25.2. The molecule has 0 bridgehead atoms. The normalized spacial score (nSPS) is 20.6. The minimum atomic E-state index is -1.29. The summed E-state index contributed by atoms with van der Waals surface area (Å²) in [7, 11) is -1.29. The molecule has 2 N–H and O–H groups in total. The topological polar surface area (TPSA) is 156 Å². The number of ether oxygens (including phenoxy) is 4. The Morgan fingerprint density at radius 1 is 1.04 bits per heavy atom. The Kier molecular flexibility index (Phi) is 9.26. The molecule has 6 heterocycles. The number of hydrogen-bond donors (Lipinski definition) is 2. The van der Waals surface area contributed by atoms with Crippen LogP contribution in [-0.4, -0.2) is 97.8 Å². The van der Waals surface area contributed by atoms with E-state index in [2.05, 4.69) is 29.7 Å². The number of carboxylic acids is 1. The van der Waals surface area contributed by atoms with Gasteiger partial charge in [-0.15, -0.1) is 0 Å². The molecule has 0 unspecified atom stereocenters. The van der Waals surface area contributed by atoms with Gasteiger partial charge in [0.05, 0.1) is 59.6 Å². The lowest BCUT2D eigenvalue weighted by molar-refractivity contribution is -0.136. The largest absolute Gasteiger partial charge is 0.481 e. The summed E-state index contributed by atoms with van der Waals surface area (Å²) in [5.74, 6) is -0.909. The number of aromatic nitrogens is 6. The van der Waals surface area contributed by atoms with Crippen molar-refractivity contribution in [3.8, 4) is 34.2 Å². The third kappa shape index (κ3) is 7.25. The van der Waals surface area contributed by atoms with Gasteiger partial charge in [-0.3, -0.25) is 14.3 Å². The summed E-state index contributed by atoms with van der Waals surface area (Å²) in [5.41, 5.74) is 5.49. The summed E-state index contributed by atoms with van der Waals surface area (Å²) >= 11 is 6.86. The van der Waals surface area contributed by atoms with E-state index in [1.165, 1.54) is 6.20 Å². The fraction of sp³-hybridized carbons (Fsp3) is 0.382. The molecule has 0 amide bonds. The number of nitrogens with zero attached hydrogens (tertiary/aromatic N) is 6. The van der Waals surface area contributed by atoms with Gasteiger partial charge in [0.1, 0.15) is 25.0 Å². The minimum absolute atomic E-state index is 0.0916. The van der Waals surface area contributed by atoms with Crippen molar-refractivity contribution >= 4 is 36.8 Å². The van der Waals surface area contributed by atoms with Gasteiger partial charge in [-0.05, 0) is 24.2 Å². The number of imidazole rings is 1. The molecule has 2 fully saturated rings. The number of aliphatic hydroxyl groups is 1. The second-order valence-electron chi connectivity index (χ2n) is 13.5. The summed E-state index contributed by atoms with van der Waals surface area (Å²) < 4.78 is 27.4. The van der Waals surface area contributed by atoms with Gasteiger partial charge in [-0.25, -0.2) is 9.67 Å². The van der Waals surface area contributed by atoms with Gasteiger partial charge in [0, 0.05) is 37.6 Å². The maximum absolute atomic E-state index is 11.0. The minimum Gasteiger partial charge on any atom is -0.481 e. The molecule has 15 heteroatoms. The molecule has 0 saturated carbocycles. The van der Waals surface area contributed by atoms with Crippen LogP contribution in [0.4, 0.5) is 0 Å². The molecule has 49 heavy (non-hydrogen) atoms. The third-order valence-corrected chi connectivity index (χ3v) is 10.6. The number of carboxylic acid groups (broad SMARTS) is 1. The lowest BCUT2D eigenvalue weighted by Gasteiger charge is -2.19. The highest BCUT2D eigenvalue weighted by Gasteiger charge is 2.49. The molecule has 0 aliphatic carbocycles. The summed E-state index contributed by atoms with van der Waals surface area (Å²) in [6.45, 7) is 8.21. The quantitative estimate of drug-likeness (QED) is 0.135. The van der Waals surface area contributed by atoms with Crippen molar-refractivity contribution in [2.45, 2.75) is 63.3 Å². The lowest BCUT2D eigenvalue weighted by atomic mass is 10.1. The van der Waals surface area contributed by atoms with Gasteiger partial charge in [0.15, 0.2) is 11.8 Å². The predicted molar refractivity (Wildman–Crippen MR) is 184 cm³/mol. The van der Waals surface area contributed by atoms with Crippen LogP contribution in [0.2, 0.25) is 30.7 Å². The van der Waals surface area contributed by atoms with E-state index in [-0.39, 0.29) is 26.4 Å². The maximum atomic E-state index is 11.0. The Labute approximate surface area is 288 Å². The number of hydrogen-bond acceptors (Lipinski definition) is 10. The number of aliphatic hydroxyl groups excluding tert-OH is 1. The molecule has 5 aromatic rings. The Bertz CT molecular complexity index is 1960. The van der Waals surface area contributed by atoms with E-state index in [1.807, 2.05) is 47.0 Å². The smallest absolute Gasteiger partial charge is 0.307 e. The van der Waals surface area contributed by atoms with Crippen LogP contribution in [0.1, 0.15) is 5.56 Å². The van der Waals surface area contributed by atoms with E-state index >= 15 is 0 Å². The number of fused-ring (bicyclic) bond motifs is 2. The third-order valence-electron chi connectivity index (χ3n) is 8.57. The summed E-state index contributed by atoms with van der Waals surface area (Å²) in [5, 5.41) is 23.9. The summed E-state index contributed by atoms with van der Waals surface area (Å²) in [6, 6.07) is 14.7. The molecule has 2 aliphatic rings. The van der Waals surface area contributed by atoms with Gasteiger partial charge in [-0.1, -0.05) is 55.5 Å². The molecule has 2 aliphatic heterocycles. The van der Waals surface area contributed by atoms with Crippen LogP contribution in [0.15, 0.2) is 61.1 Å². The van der Waals surface area contributed by atoms with Crippen molar-refractivity contribution in [2.24, 2.45) is 0 Å². The van der Waals surface area contributed by atoms with E-state index in [4.69, 9.17) is 45.6 Å². The molecular formula is C34H37ClN6O7Si. The second-order valence-corrected chi connectivity index (χ2v) is 19.5. The van der Waals surface area contributed by atoms with Gasteiger partial charge < -0.3 is 29.2 Å². The average Bonchev–Trinajstić information content (AvgIpc) is 3.85. The molecule has 0 spiro atoms. The van der Waals surface area contributed by atoms with Crippen LogP contribution in [0, 0.1) is 0 Å². The highest BCUT2D eigenvalue weighted by molar-refractivity contribution is 6.76. The number of pyridine rings is 2. The zero-order chi connectivity index (χ0) is 34.3. The monoisotopic (exact) mass is 704 g/mol. The number of benzene rings is 1. The Morgan fingerprint density at radius 2 is 1.82 bits per heavy atom. The van der Waals surface area contributed by atoms with E-state index < -0.39 is 38.5 Å². The highest BCUT2D eigenvalue weighted by Crippen LogP contribution is 2.34. The van der Waals surface area contributed by atoms with Crippen LogP contribution in [0.3, 0.4) is 0 Å². The molecular weight excluding hydrogens is 668 g/mol. The molecule has 0 radical (unpaired) electrons. The second kappa shape index (κ2) is 13.6. The first kappa shape index (κ1) is 33.3. The molecule has 256 valence electrons. The number of rotatable bonds is 12. The van der Waals surface area contributed by atoms with Crippen molar-refractivity contribution in [3.63, 3.8) is 0 Å². The van der Waals surface area contributed by atoms with Gasteiger partial charge in [0.25, 0.3) is 0 Å². The average molecular weight is 705 g/mol. The van der Waals surface area contributed by atoms with Crippen molar-refractivity contribution in [3.05, 3.63) is 71.6 Å². The van der Waals surface area contributed by atoms with Crippen LogP contribution in [0.5, 0.6) is 6.01 Å².